The molecular weight excluding hydrogens is 468 g/mol. The highest BCUT2D eigenvalue weighted by Gasteiger charge is 2.23. The van der Waals surface area contributed by atoms with Gasteiger partial charge in [-0.3, -0.25) is 0 Å². The van der Waals surface area contributed by atoms with Gasteiger partial charge in [-0.1, -0.05) is 50.2 Å². The molecule has 6 nitrogen and oxygen atoms in total. The molecule has 0 bridgehead atoms. The second-order valence-electron chi connectivity index (χ2n) is 10.7. The number of imidazole rings is 2. The molecule has 0 amide bonds. The normalized spacial score (nSPS) is 13.2. The molecule has 2 N–H and O–H groups in total. The highest BCUT2D eigenvalue weighted by atomic mass is 14.9. The molecule has 1 aliphatic rings. The number of hydrogen-bond donors (Lipinski definition) is 2. The van der Waals surface area contributed by atoms with Crippen LogP contribution in [0.2, 0.25) is 0 Å². The van der Waals surface area contributed by atoms with E-state index in [0.717, 1.165) is 62.9 Å². The van der Waals surface area contributed by atoms with E-state index in [9.17, 15) is 0 Å². The maximum Gasteiger partial charge on any atom is 0.116 e. The van der Waals surface area contributed by atoms with Crippen LogP contribution in [0.15, 0.2) is 61.1 Å². The highest BCUT2D eigenvalue weighted by molar-refractivity contribution is 6.22. The minimum atomic E-state index is 0.394. The van der Waals surface area contributed by atoms with E-state index in [1.807, 2.05) is 13.1 Å². The Morgan fingerprint density at radius 3 is 2.50 bits per heavy atom. The lowest BCUT2D eigenvalue weighted by atomic mass is 9.87. The Balaban J connectivity index is 1.29. The van der Waals surface area contributed by atoms with Gasteiger partial charge in [0.15, 0.2) is 0 Å². The smallest absolute Gasteiger partial charge is 0.116 e. The summed E-state index contributed by atoms with van der Waals surface area (Å²) in [6, 6.07) is 18.0. The molecule has 3 aromatic heterocycles. The number of H-pyrrole nitrogens is 2. The average molecular weight is 495 g/mol. The first-order valence-corrected chi connectivity index (χ1v) is 13.2. The molecule has 184 valence electrons. The summed E-state index contributed by atoms with van der Waals surface area (Å²) in [5.74, 6) is 2.36. The maximum absolute atomic E-state index is 4.97. The summed E-state index contributed by atoms with van der Waals surface area (Å²) in [6.07, 6.45) is 5.54. The Hall–Kier alpha value is -4.58. The van der Waals surface area contributed by atoms with E-state index in [-0.39, 0.29) is 0 Å². The third-order valence-corrected chi connectivity index (χ3v) is 8.02. The van der Waals surface area contributed by atoms with Gasteiger partial charge < -0.3 is 9.97 Å². The van der Waals surface area contributed by atoms with Crippen LogP contribution in [0.5, 0.6) is 0 Å². The lowest BCUT2D eigenvalue weighted by molar-refractivity contribution is 0.787. The Morgan fingerprint density at radius 1 is 0.789 bits per heavy atom. The number of hydrogen-bond acceptors (Lipinski definition) is 4. The van der Waals surface area contributed by atoms with Crippen molar-refractivity contribution in [2.75, 3.05) is 0 Å². The number of aromatic nitrogens is 6. The summed E-state index contributed by atoms with van der Waals surface area (Å²) in [5.41, 5.74) is 10.3. The molecule has 0 saturated heterocycles. The van der Waals surface area contributed by atoms with Gasteiger partial charge in [0.1, 0.15) is 18.0 Å². The van der Waals surface area contributed by atoms with Crippen molar-refractivity contribution in [3.63, 3.8) is 0 Å². The summed E-state index contributed by atoms with van der Waals surface area (Å²) < 4.78 is 0. The molecule has 6 heteroatoms. The fraction of sp³-hybridized carbons (Fsp3) is 0.188. The fourth-order valence-electron chi connectivity index (χ4n) is 6.16. The largest absolute Gasteiger partial charge is 0.345 e. The van der Waals surface area contributed by atoms with E-state index in [0.29, 0.717) is 5.92 Å². The quantitative estimate of drug-likeness (QED) is 0.245. The van der Waals surface area contributed by atoms with Gasteiger partial charge in [-0.25, -0.2) is 19.9 Å². The Bertz CT molecular complexity index is 2080. The van der Waals surface area contributed by atoms with Gasteiger partial charge >= 0.3 is 0 Å². The molecule has 0 radical (unpaired) electrons. The maximum atomic E-state index is 4.97. The minimum absolute atomic E-state index is 0.394. The lowest BCUT2D eigenvalue weighted by Gasteiger charge is -2.18. The molecule has 3 heterocycles. The molecule has 0 atom stereocenters. The van der Waals surface area contributed by atoms with Crippen molar-refractivity contribution in [3.8, 4) is 22.4 Å². The molecule has 1 aliphatic carbocycles. The second kappa shape index (κ2) is 7.71. The highest BCUT2D eigenvalue weighted by Crippen LogP contribution is 2.39. The number of nitrogens with one attached hydrogen (secondary N) is 2. The number of fused-ring (bicyclic) bond motifs is 11. The zero-order chi connectivity index (χ0) is 25.5. The van der Waals surface area contributed by atoms with E-state index < -0.39 is 0 Å². The predicted molar refractivity (Wildman–Crippen MR) is 153 cm³/mol. The molecule has 7 aromatic rings. The van der Waals surface area contributed by atoms with E-state index in [4.69, 9.17) is 9.97 Å². The van der Waals surface area contributed by atoms with Crippen molar-refractivity contribution >= 4 is 43.5 Å². The van der Waals surface area contributed by atoms with Gasteiger partial charge in [0.05, 0.1) is 22.2 Å². The standard InChI is InChI=1S/C32H26N6/c1-16(2)32-37-27-11-10-22-21-7-4-18(12-20(21)6-9-23(22)28(27)38-32)19-5-8-24-25(13-19)26-14-33-15-34-29(26)31-30(24)35-17(3)36-31/h4-9,12-16H,10-11H2,1-3H3,(H,35,36)(H,37,38). The van der Waals surface area contributed by atoms with Crippen molar-refractivity contribution < 1.29 is 0 Å². The summed E-state index contributed by atoms with van der Waals surface area (Å²) >= 11 is 0. The van der Waals surface area contributed by atoms with E-state index in [1.54, 1.807) is 6.33 Å². The van der Waals surface area contributed by atoms with Gasteiger partial charge in [-0.2, -0.15) is 0 Å². The lowest BCUT2D eigenvalue weighted by Crippen LogP contribution is -2.04. The number of rotatable bonds is 2. The molecule has 0 spiro atoms. The van der Waals surface area contributed by atoms with Crippen LogP contribution in [0.3, 0.4) is 0 Å². The first kappa shape index (κ1) is 21.5. The first-order chi connectivity index (χ1) is 18.5. The van der Waals surface area contributed by atoms with Crippen LogP contribution in [0, 0.1) is 6.92 Å². The average Bonchev–Trinajstić information content (AvgIpc) is 3.56. The van der Waals surface area contributed by atoms with Crippen LogP contribution in [0.4, 0.5) is 0 Å². The number of aryl methyl sites for hydroxylation is 3. The van der Waals surface area contributed by atoms with E-state index in [2.05, 4.69) is 82.3 Å². The van der Waals surface area contributed by atoms with Crippen LogP contribution < -0.4 is 0 Å². The molecular formula is C32H26N6. The van der Waals surface area contributed by atoms with Crippen molar-refractivity contribution in [1.82, 2.24) is 29.9 Å². The van der Waals surface area contributed by atoms with Crippen molar-refractivity contribution in [2.24, 2.45) is 0 Å². The third-order valence-electron chi connectivity index (χ3n) is 8.02. The second-order valence-corrected chi connectivity index (χ2v) is 10.7. The zero-order valence-corrected chi connectivity index (χ0v) is 21.6. The zero-order valence-electron chi connectivity index (χ0n) is 21.6. The third kappa shape index (κ3) is 3.00. The van der Waals surface area contributed by atoms with Crippen molar-refractivity contribution in [2.45, 2.75) is 39.5 Å². The van der Waals surface area contributed by atoms with E-state index in [1.165, 1.54) is 38.7 Å². The van der Waals surface area contributed by atoms with Gasteiger partial charge in [-0.05, 0) is 64.7 Å². The molecule has 0 fully saturated rings. The van der Waals surface area contributed by atoms with Gasteiger partial charge in [0.2, 0.25) is 0 Å². The summed E-state index contributed by atoms with van der Waals surface area (Å²) in [5, 5.41) is 5.84. The summed E-state index contributed by atoms with van der Waals surface area (Å²) in [6.45, 7) is 6.36. The molecule has 0 unspecified atom stereocenters. The van der Waals surface area contributed by atoms with Gasteiger partial charge in [-0.15, -0.1) is 0 Å². The van der Waals surface area contributed by atoms with Crippen molar-refractivity contribution in [3.05, 3.63) is 84.0 Å². The SMILES string of the molecule is Cc1nc2c3ccc(-c4ccc5c6c(ccc5c4)-c4nc(C(C)C)[nH]c4CC6)cc3c3cncnc3c2[nH]1. The molecule has 8 rings (SSSR count). The summed E-state index contributed by atoms with van der Waals surface area (Å²) in [4.78, 5) is 25.6. The van der Waals surface area contributed by atoms with Crippen LogP contribution in [-0.4, -0.2) is 29.9 Å². The Labute approximate surface area is 219 Å². The van der Waals surface area contributed by atoms with Gasteiger partial charge in [0.25, 0.3) is 0 Å². The monoisotopic (exact) mass is 494 g/mol. The van der Waals surface area contributed by atoms with Crippen LogP contribution in [0.25, 0.3) is 65.9 Å². The van der Waals surface area contributed by atoms with Crippen LogP contribution in [-0.2, 0) is 12.8 Å². The van der Waals surface area contributed by atoms with Crippen molar-refractivity contribution in [1.29, 1.82) is 0 Å². The van der Waals surface area contributed by atoms with E-state index >= 15 is 0 Å². The molecule has 4 aromatic carbocycles. The number of benzene rings is 4. The van der Waals surface area contributed by atoms with Crippen LogP contribution >= 0.6 is 0 Å². The first-order valence-electron chi connectivity index (χ1n) is 13.2. The fourth-order valence-corrected chi connectivity index (χ4v) is 6.16. The molecule has 38 heavy (non-hydrogen) atoms. The molecule has 0 aliphatic heterocycles. The number of aromatic amines is 2. The number of nitrogens with zero attached hydrogens (tertiary/aromatic N) is 4. The van der Waals surface area contributed by atoms with Gasteiger partial charge in [0, 0.05) is 34.1 Å². The van der Waals surface area contributed by atoms with Crippen LogP contribution in [0.1, 0.15) is 42.7 Å². The Kier molecular flexibility index (Phi) is 4.36. The predicted octanol–water partition coefficient (Wildman–Crippen LogP) is 7.40. The topological polar surface area (TPSA) is 83.1 Å². The molecule has 0 saturated carbocycles. The Morgan fingerprint density at radius 2 is 1.63 bits per heavy atom. The summed E-state index contributed by atoms with van der Waals surface area (Å²) in [7, 11) is 0. The minimum Gasteiger partial charge on any atom is -0.345 e.